The Kier molecular flexibility index (Phi) is 5.99. The van der Waals surface area contributed by atoms with Gasteiger partial charge in [-0.25, -0.2) is 0 Å². The molecule has 0 radical (unpaired) electrons. The Morgan fingerprint density at radius 1 is 1.19 bits per heavy atom. The number of pyridine rings is 1. The van der Waals surface area contributed by atoms with E-state index in [0.717, 1.165) is 37.9 Å². The molecular formula is C12H18N2O2. The molecule has 0 atom stereocenters. The highest BCUT2D eigenvalue weighted by atomic mass is 16.4. The van der Waals surface area contributed by atoms with Gasteiger partial charge in [-0.15, -0.1) is 0 Å². The lowest BCUT2D eigenvalue weighted by Crippen LogP contribution is -2.01. The third-order valence-corrected chi connectivity index (χ3v) is 2.33. The summed E-state index contributed by atoms with van der Waals surface area (Å²) in [5, 5.41) is 11.7. The van der Waals surface area contributed by atoms with Crippen molar-refractivity contribution in [2.75, 3.05) is 11.9 Å². The number of aliphatic carboxylic acids is 1. The number of anilines is 1. The second kappa shape index (κ2) is 7.68. The van der Waals surface area contributed by atoms with E-state index in [4.69, 9.17) is 5.11 Å². The van der Waals surface area contributed by atoms with Gasteiger partial charge in [0.05, 0.1) is 0 Å². The van der Waals surface area contributed by atoms with Crippen molar-refractivity contribution in [2.24, 2.45) is 0 Å². The number of aromatic nitrogens is 1. The number of carbonyl (C=O) groups is 1. The van der Waals surface area contributed by atoms with Crippen molar-refractivity contribution in [2.45, 2.75) is 32.1 Å². The third kappa shape index (κ3) is 6.01. The summed E-state index contributed by atoms with van der Waals surface area (Å²) in [4.78, 5) is 14.2. The van der Waals surface area contributed by atoms with Gasteiger partial charge in [0.2, 0.25) is 0 Å². The van der Waals surface area contributed by atoms with E-state index in [1.165, 1.54) is 0 Å². The topological polar surface area (TPSA) is 62.2 Å². The zero-order valence-corrected chi connectivity index (χ0v) is 9.35. The summed E-state index contributed by atoms with van der Waals surface area (Å²) >= 11 is 0. The molecule has 1 rings (SSSR count). The first kappa shape index (κ1) is 12.5. The van der Waals surface area contributed by atoms with Gasteiger partial charge in [0.25, 0.3) is 0 Å². The number of hydrogen-bond acceptors (Lipinski definition) is 3. The second-order valence-electron chi connectivity index (χ2n) is 3.72. The lowest BCUT2D eigenvalue weighted by molar-refractivity contribution is -0.137. The van der Waals surface area contributed by atoms with Crippen molar-refractivity contribution in [3.8, 4) is 0 Å². The van der Waals surface area contributed by atoms with Gasteiger partial charge >= 0.3 is 5.97 Å². The quantitative estimate of drug-likeness (QED) is 0.663. The fraction of sp³-hybridized carbons (Fsp3) is 0.500. The van der Waals surface area contributed by atoms with Crippen LogP contribution in [0.5, 0.6) is 0 Å². The van der Waals surface area contributed by atoms with Crippen LogP contribution < -0.4 is 5.32 Å². The molecule has 88 valence electrons. The summed E-state index contributed by atoms with van der Waals surface area (Å²) in [7, 11) is 0. The van der Waals surface area contributed by atoms with Crippen molar-refractivity contribution in [3.05, 3.63) is 24.5 Å². The molecule has 4 nitrogen and oxygen atoms in total. The molecule has 0 amide bonds. The van der Waals surface area contributed by atoms with E-state index in [-0.39, 0.29) is 6.42 Å². The summed E-state index contributed by atoms with van der Waals surface area (Å²) in [5.74, 6) is -0.699. The lowest BCUT2D eigenvalue weighted by atomic mass is 10.1. The highest BCUT2D eigenvalue weighted by Crippen LogP contribution is 2.06. The van der Waals surface area contributed by atoms with Gasteiger partial charge in [-0.3, -0.25) is 9.78 Å². The minimum atomic E-state index is -0.699. The van der Waals surface area contributed by atoms with Crippen LogP contribution in [0.2, 0.25) is 0 Å². The molecule has 0 fully saturated rings. The molecule has 16 heavy (non-hydrogen) atoms. The maximum Gasteiger partial charge on any atom is 0.303 e. The van der Waals surface area contributed by atoms with Gasteiger partial charge in [0.15, 0.2) is 0 Å². The molecule has 0 saturated heterocycles. The van der Waals surface area contributed by atoms with E-state index in [0.29, 0.717) is 0 Å². The lowest BCUT2D eigenvalue weighted by Gasteiger charge is -2.05. The Balaban J connectivity index is 1.94. The Morgan fingerprint density at radius 3 is 2.56 bits per heavy atom. The van der Waals surface area contributed by atoms with Gasteiger partial charge in [0.1, 0.15) is 0 Å². The smallest absolute Gasteiger partial charge is 0.303 e. The fourth-order valence-electron chi connectivity index (χ4n) is 1.46. The van der Waals surface area contributed by atoms with Crippen LogP contribution >= 0.6 is 0 Å². The zero-order valence-electron chi connectivity index (χ0n) is 9.35. The molecular weight excluding hydrogens is 204 g/mol. The number of carboxylic acid groups (broad SMARTS) is 1. The van der Waals surface area contributed by atoms with E-state index < -0.39 is 5.97 Å². The average Bonchev–Trinajstić information content (AvgIpc) is 2.29. The van der Waals surface area contributed by atoms with Crippen LogP contribution in [0.1, 0.15) is 32.1 Å². The predicted octanol–water partition coefficient (Wildman–Crippen LogP) is 2.53. The van der Waals surface area contributed by atoms with Crippen LogP contribution in [-0.4, -0.2) is 22.6 Å². The van der Waals surface area contributed by atoms with Crippen molar-refractivity contribution < 1.29 is 9.90 Å². The summed E-state index contributed by atoms with van der Waals surface area (Å²) in [6.45, 7) is 0.928. The fourth-order valence-corrected chi connectivity index (χ4v) is 1.46. The molecule has 0 bridgehead atoms. The van der Waals surface area contributed by atoms with E-state index in [2.05, 4.69) is 10.3 Å². The molecule has 0 spiro atoms. The summed E-state index contributed by atoms with van der Waals surface area (Å²) < 4.78 is 0. The van der Waals surface area contributed by atoms with Crippen molar-refractivity contribution in [1.29, 1.82) is 0 Å². The molecule has 0 aliphatic heterocycles. The first-order chi connectivity index (χ1) is 7.79. The van der Waals surface area contributed by atoms with Crippen LogP contribution in [-0.2, 0) is 4.79 Å². The molecule has 0 aliphatic rings. The van der Waals surface area contributed by atoms with E-state index >= 15 is 0 Å². The van der Waals surface area contributed by atoms with Gasteiger partial charge in [-0.1, -0.05) is 12.8 Å². The standard InChI is InChI=1S/C12H18N2O2/c15-12(16)5-3-1-2-4-8-14-11-6-9-13-10-7-11/h6-7,9-10H,1-5,8H2,(H,13,14)(H,15,16). The molecule has 1 aromatic heterocycles. The molecule has 2 N–H and O–H groups in total. The predicted molar refractivity (Wildman–Crippen MR) is 63.4 cm³/mol. The van der Waals surface area contributed by atoms with Crippen LogP contribution in [0.4, 0.5) is 5.69 Å². The summed E-state index contributed by atoms with van der Waals surface area (Å²) in [5.41, 5.74) is 1.08. The highest BCUT2D eigenvalue weighted by Gasteiger charge is 1.96. The molecule has 0 aromatic carbocycles. The SMILES string of the molecule is O=C(O)CCCCCCNc1ccncc1. The van der Waals surface area contributed by atoms with E-state index in [9.17, 15) is 4.79 Å². The van der Waals surface area contributed by atoms with Crippen LogP contribution in [0, 0.1) is 0 Å². The minimum Gasteiger partial charge on any atom is -0.481 e. The van der Waals surface area contributed by atoms with Gasteiger partial charge < -0.3 is 10.4 Å². The largest absolute Gasteiger partial charge is 0.481 e. The average molecular weight is 222 g/mol. The molecule has 0 aliphatic carbocycles. The number of carboxylic acids is 1. The van der Waals surface area contributed by atoms with Crippen molar-refractivity contribution >= 4 is 11.7 Å². The van der Waals surface area contributed by atoms with E-state index in [1.807, 2.05) is 12.1 Å². The van der Waals surface area contributed by atoms with Crippen LogP contribution in [0.25, 0.3) is 0 Å². The zero-order chi connectivity index (χ0) is 11.6. The Bertz CT molecular complexity index is 301. The maximum atomic E-state index is 10.3. The Hall–Kier alpha value is -1.58. The minimum absolute atomic E-state index is 0.289. The second-order valence-corrected chi connectivity index (χ2v) is 3.72. The van der Waals surface area contributed by atoms with Crippen molar-refractivity contribution in [3.63, 3.8) is 0 Å². The molecule has 0 saturated carbocycles. The first-order valence-corrected chi connectivity index (χ1v) is 5.65. The number of nitrogens with zero attached hydrogens (tertiary/aromatic N) is 1. The normalized spacial score (nSPS) is 10.0. The molecule has 4 heteroatoms. The van der Waals surface area contributed by atoms with Gasteiger partial charge in [-0.05, 0) is 25.0 Å². The van der Waals surface area contributed by atoms with Crippen LogP contribution in [0.3, 0.4) is 0 Å². The van der Waals surface area contributed by atoms with Gasteiger partial charge in [0, 0.05) is 31.0 Å². The van der Waals surface area contributed by atoms with Gasteiger partial charge in [-0.2, -0.15) is 0 Å². The van der Waals surface area contributed by atoms with E-state index in [1.54, 1.807) is 12.4 Å². The Labute approximate surface area is 95.7 Å². The number of nitrogens with one attached hydrogen (secondary N) is 1. The summed E-state index contributed by atoms with van der Waals surface area (Å²) in [6, 6.07) is 3.87. The number of unbranched alkanes of at least 4 members (excludes halogenated alkanes) is 3. The molecule has 0 unspecified atom stereocenters. The van der Waals surface area contributed by atoms with Crippen molar-refractivity contribution in [1.82, 2.24) is 4.98 Å². The summed E-state index contributed by atoms with van der Waals surface area (Å²) in [6.07, 6.45) is 7.73. The first-order valence-electron chi connectivity index (χ1n) is 5.65. The highest BCUT2D eigenvalue weighted by molar-refractivity contribution is 5.66. The molecule has 1 heterocycles. The third-order valence-electron chi connectivity index (χ3n) is 2.33. The number of hydrogen-bond donors (Lipinski definition) is 2. The number of rotatable bonds is 8. The molecule has 1 aromatic rings. The van der Waals surface area contributed by atoms with Crippen LogP contribution in [0.15, 0.2) is 24.5 Å². The maximum absolute atomic E-state index is 10.3. The monoisotopic (exact) mass is 222 g/mol. The Morgan fingerprint density at radius 2 is 1.88 bits per heavy atom.